The minimum atomic E-state index is 0.645. The molecule has 2 aromatic carbocycles. The Morgan fingerprint density at radius 1 is 1.00 bits per heavy atom. The zero-order chi connectivity index (χ0) is 13.9. The van der Waals surface area contributed by atoms with Gasteiger partial charge in [0.1, 0.15) is 0 Å². The fraction of sp³-hybridized carbons (Fsp3) is 0.125. The maximum Gasteiger partial charge on any atom is 0.244 e. The first-order valence-electron chi connectivity index (χ1n) is 6.52. The van der Waals surface area contributed by atoms with E-state index in [1.807, 2.05) is 60.7 Å². The van der Waals surface area contributed by atoms with Crippen LogP contribution in [0.3, 0.4) is 0 Å². The molecule has 4 heteroatoms. The molecule has 0 radical (unpaired) electrons. The lowest BCUT2D eigenvalue weighted by Crippen LogP contribution is -2.27. The van der Waals surface area contributed by atoms with Crippen molar-refractivity contribution in [2.75, 3.05) is 17.5 Å². The lowest BCUT2D eigenvalue weighted by Gasteiger charge is -2.20. The van der Waals surface area contributed by atoms with Gasteiger partial charge in [0.2, 0.25) is 5.95 Å². The van der Waals surface area contributed by atoms with Gasteiger partial charge in [0.25, 0.3) is 0 Å². The van der Waals surface area contributed by atoms with Gasteiger partial charge < -0.3 is 0 Å². The first kappa shape index (κ1) is 12.4. The molecule has 0 aliphatic heterocycles. The normalized spacial score (nSPS) is 10.5. The molecule has 0 unspecified atom stereocenters. The highest BCUT2D eigenvalue weighted by Gasteiger charge is 2.06. The highest BCUT2D eigenvalue weighted by atomic mass is 15.5. The van der Waals surface area contributed by atoms with Crippen LogP contribution in [0.1, 0.15) is 5.56 Å². The molecule has 3 rings (SSSR count). The summed E-state index contributed by atoms with van der Waals surface area (Å²) in [6.07, 6.45) is 1.84. The van der Waals surface area contributed by atoms with Crippen LogP contribution in [0.2, 0.25) is 0 Å². The fourth-order valence-corrected chi connectivity index (χ4v) is 2.05. The maximum absolute atomic E-state index is 4.55. The van der Waals surface area contributed by atoms with E-state index in [1.165, 1.54) is 5.56 Å². The van der Waals surface area contributed by atoms with Crippen molar-refractivity contribution < 1.29 is 0 Å². The van der Waals surface area contributed by atoms with E-state index < -0.39 is 0 Å². The first-order valence-corrected chi connectivity index (χ1v) is 6.52. The van der Waals surface area contributed by atoms with Crippen molar-refractivity contribution in [3.8, 4) is 0 Å². The Balaban J connectivity index is 1.89. The van der Waals surface area contributed by atoms with Gasteiger partial charge in [-0.1, -0.05) is 36.4 Å². The first-order chi connectivity index (χ1) is 9.74. The van der Waals surface area contributed by atoms with Crippen LogP contribution in [0.4, 0.5) is 11.6 Å². The molecule has 3 aromatic rings. The minimum Gasteiger partial charge on any atom is -0.296 e. The Morgan fingerprint density at radius 2 is 1.75 bits per heavy atom. The summed E-state index contributed by atoms with van der Waals surface area (Å²) in [6.45, 7) is 2.07. The summed E-state index contributed by atoms with van der Waals surface area (Å²) >= 11 is 0. The molecular weight excluding hydrogens is 248 g/mol. The van der Waals surface area contributed by atoms with Crippen LogP contribution < -0.4 is 10.4 Å². The van der Waals surface area contributed by atoms with Crippen LogP contribution in [-0.4, -0.2) is 17.0 Å². The highest BCUT2D eigenvalue weighted by molar-refractivity contribution is 5.78. The van der Waals surface area contributed by atoms with Gasteiger partial charge in [-0.2, -0.15) is 0 Å². The van der Waals surface area contributed by atoms with Gasteiger partial charge >= 0.3 is 0 Å². The minimum absolute atomic E-state index is 0.645. The number of benzene rings is 2. The topological polar surface area (TPSA) is 41.0 Å². The second-order valence-corrected chi connectivity index (χ2v) is 4.71. The molecule has 0 aliphatic carbocycles. The molecule has 0 aliphatic rings. The molecule has 1 aromatic heterocycles. The predicted molar refractivity (Wildman–Crippen MR) is 82.7 cm³/mol. The van der Waals surface area contributed by atoms with Gasteiger partial charge in [0.15, 0.2) is 0 Å². The van der Waals surface area contributed by atoms with Crippen LogP contribution in [0.5, 0.6) is 0 Å². The predicted octanol–water partition coefficient (Wildman–Crippen LogP) is 3.40. The van der Waals surface area contributed by atoms with Crippen molar-refractivity contribution in [1.29, 1.82) is 0 Å². The van der Waals surface area contributed by atoms with Crippen molar-refractivity contribution in [3.63, 3.8) is 0 Å². The number of nitrogens with zero attached hydrogens (tertiary/aromatic N) is 3. The lowest BCUT2D eigenvalue weighted by atomic mass is 10.2. The van der Waals surface area contributed by atoms with Gasteiger partial charge in [-0.05, 0) is 24.6 Å². The number of anilines is 2. The molecule has 4 nitrogen and oxygen atoms in total. The molecule has 0 atom stereocenters. The Hall–Kier alpha value is -2.62. The third-order valence-electron chi connectivity index (χ3n) is 3.21. The van der Waals surface area contributed by atoms with Crippen molar-refractivity contribution in [1.82, 2.24) is 9.97 Å². The third-order valence-corrected chi connectivity index (χ3v) is 3.21. The van der Waals surface area contributed by atoms with E-state index in [1.54, 1.807) is 0 Å². The molecule has 1 heterocycles. The largest absolute Gasteiger partial charge is 0.296 e. The summed E-state index contributed by atoms with van der Waals surface area (Å²) in [5, 5.41) is 2.87. The van der Waals surface area contributed by atoms with Crippen LogP contribution in [0, 0.1) is 6.92 Å². The monoisotopic (exact) mass is 264 g/mol. The summed E-state index contributed by atoms with van der Waals surface area (Å²) < 4.78 is 0. The van der Waals surface area contributed by atoms with Crippen LogP contribution in [0.25, 0.3) is 10.9 Å². The second-order valence-electron chi connectivity index (χ2n) is 4.71. The average molecular weight is 264 g/mol. The van der Waals surface area contributed by atoms with Gasteiger partial charge in [-0.25, -0.2) is 9.97 Å². The molecule has 0 spiro atoms. The van der Waals surface area contributed by atoms with Crippen molar-refractivity contribution >= 4 is 22.5 Å². The van der Waals surface area contributed by atoms with Gasteiger partial charge in [-0.15, -0.1) is 0 Å². The second kappa shape index (κ2) is 5.17. The van der Waals surface area contributed by atoms with Gasteiger partial charge in [-0.3, -0.25) is 10.4 Å². The average Bonchev–Trinajstić information content (AvgIpc) is 2.49. The maximum atomic E-state index is 4.55. The zero-order valence-corrected chi connectivity index (χ0v) is 11.5. The van der Waals surface area contributed by atoms with Crippen molar-refractivity contribution in [2.45, 2.75) is 6.92 Å². The van der Waals surface area contributed by atoms with E-state index in [-0.39, 0.29) is 0 Å². The summed E-state index contributed by atoms with van der Waals surface area (Å²) in [5.41, 5.74) is 6.47. The zero-order valence-electron chi connectivity index (χ0n) is 11.5. The molecule has 0 amide bonds. The number of fused-ring (bicyclic) bond motifs is 1. The van der Waals surface area contributed by atoms with Gasteiger partial charge in [0.05, 0.1) is 11.2 Å². The number of hydrazine groups is 1. The Bertz CT molecular complexity index is 739. The fourth-order valence-electron chi connectivity index (χ4n) is 2.05. The standard InChI is InChI=1S/C16H16N4/c1-12-7-3-5-9-14(12)19-20(2)16-17-11-13-8-4-6-10-15(13)18-16/h3-11,19H,1-2H3. The molecule has 0 bridgehead atoms. The van der Waals surface area contributed by atoms with Crippen molar-refractivity contribution in [2.24, 2.45) is 0 Å². The summed E-state index contributed by atoms with van der Waals surface area (Å²) in [4.78, 5) is 8.94. The molecule has 100 valence electrons. The SMILES string of the molecule is Cc1ccccc1NN(C)c1ncc2ccccc2n1. The summed E-state index contributed by atoms with van der Waals surface area (Å²) in [5.74, 6) is 0.645. The van der Waals surface area contributed by atoms with Gasteiger partial charge in [0, 0.05) is 18.6 Å². The number of hydrogen-bond donors (Lipinski definition) is 1. The number of nitrogens with one attached hydrogen (secondary N) is 1. The Kier molecular flexibility index (Phi) is 3.21. The smallest absolute Gasteiger partial charge is 0.244 e. The summed E-state index contributed by atoms with van der Waals surface area (Å²) in [7, 11) is 1.91. The van der Waals surface area contributed by atoms with E-state index in [0.29, 0.717) is 5.95 Å². The van der Waals surface area contributed by atoms with Crippen LogP contribution >= 0.6 is 0 Å². The Morgan fingerprint density at radius 3 is 2.60 bits per heavy atom. The van der Waals surface area contributed by atoms with E-state index in [4.69, 9.17) is 0 Å². The number of aryl methyl sites for hydroxylation is 1. The number of para-hydroxylation sites is 2. The van der Waals surface area contributed by atoms with Crippen LogP contribution in [0.15, 0.2) is 54.7 Å². The van der Waals surface area contributed by atoms with E-state index in [9.17, 15) is 0 Å². The molecule has 0 fully saturated rings. The molecule has 1 N–H and O–H groups in total. The molecule has 20 heavy (non-hydrogen) atoms. The van der Waals surface area contributed by atoms with E-state index >= 15 is 0 Å². The third kappa shape index (κ3) is 2.40. The molecular formula is C16H16N4. The van der Waals surface area contributed by atoms with Crippen LogP contribution in [-0.2, 0) is 0 Å². The highest BCUT2D eigenvalue weighted by Crippen LogP contribution is 2.17. The Labute approximate surface area is 118 Å². The summed E-state index contributed by atoms with van der Waals surface area (Å²) in [6, 6.07) is 16.1. The van der Waals surface area contributed by atoms with E-state index in [2.05, 4.69) is 28.4 Å². The number of aromatic nitrogens is 2. The molecule has 0 saturated carbocycles. The lowest BCUT2D eigenvalue weighted by molar-refractivity contribution is 0.993. The number of rotatable bonds is 3. The number of hydrogen-bond acceptors (Lipinski definition) is 4. The molecule has 0 saturated heterocycles. The van der Waals surface area contributed by atoms with Crippen molar-refractivity contribution in [3.05, 3.63) is 60.3 Å². The van der Waals surface area contributed by atoms with E-state index in [0.717, 1.165) is 16.6 Å². The quantitative estimate of drug-likeness (QED) is 0.736.